The van der Waals surface area contributed by atoms with E-state index in [9.17, 15) is 9.18 Å². The number of amides is 1. The standard InChI is InChI=1S/C22H22FNO3/c1-5-26-20-12-21-19(14(3)15(4)27-21)11-18(20)13(2)9-22(25)24-17-8-6-7-16(23)10-17/h6-12H,5H2,1-4H3,(H,24,25)/b13-9+. The van der Waals surface area contributed by atoms with Crippen LogP contribution in [0.25, 0.3) is 16.5 Å². The Kier molecular flexibility index (Phi) is 5.31. The summed E-state index contributed by atoms with van der Waals surface area (Å²) in [5.41, 5.74) is 3.79. The van der Waals surface area contributed by atoms with Gasteiger partial charge in [-0.3, -0.25) is 4.79 Å². The average Bonchev–Trinajstić information content (AvgIpc) is 2.88. The van der Waals surface area contributed by atoms with Crippen LogP contribution in [-0.2, 0) is 4.79 Å². The van der Waals surface area contributed by atoms with Gasteiger partial charge in [0.05, 0.1) is 6.61 Å². The van der Waals surface area contributed by atoms with E-state index in [0.29, 0.717) is 18.0 Å². The molecule has 2 aromatic carbocycles. The summed E-state index contributed by atoms with van der Waals surface area (Å²) in [6, 6.07) is 9.63. The lowest BCUT2D eigenvalue weighted by Crippen LogP contribution is -2.09. The van der Waals surface area contributed by atoms with Crippen LogP contribution < -0.4 is 10.1 Å². The number of carbonyl (C=O) groups excluding carboxylic acids is 1. The summed E-state index contributed by atoms with van der Waals surface area (Å²) in [6.45, 7) is 8.17. The summed E-state index contributed by atoms with van der Waals surface area (Å²) in [4.78, 5) is 12.3. The minimum absolute atomic E-state index is 0.333. The maximum Gasteiger partial charge on any atom is 0.248 e. The Hall–Kier alpha value is -3.08. The summed E-state index contributed by atoms with van der Waals surface area (Å²) >= 11 is 0. The fourth-order valence-electron chi connectivity index (χ4n) is 2.97. The summed E-state index contributed by atoms with van der Waals surface area (Å²) in [5, 5.41) is 3.66. The van der Waals surface area contributed by atoms with Crippen LogP contribution in [0.2, 0.25) is 0 Å². The number of benzene rings is 2. The third-order valence-corrected chi connectivity index (χ3v) is 4.44. The van der Waals surface area contributed by atoms with Gasteiger partial charge in [-0.15, -0.1) is 0 Å². The number of fused-ring (bicyclic) bond motifs is 1. The molecule has 3 rings (SSSR count). The van der Waals surface area contributed by atoms with Crippen LogP contribution in [-0.4, -0.2) is 12.5 Å². The number of nitrogens with one attached hydrogen (secondary N) is 1. The van der Waals surface area contributed by atoms with Gasteiger partial charge in [-0.05, 0) is 63.1 Å². The lowest BCUT2D eigenvalue weighted by Gasteiger charge is -2.11. The molecule has 27 heavy (non-hydrogen) atoms. The zero-order chi connectivity index (χ0) is 19.6. The molecule has 0 bridgehead atoms. The van der Waals surface area contributed by atoms with E-state index in [0.717, 1.165) is 33.4 Å². The third kappa shape index (κ3) is 4.03. The van der Waals surface area contributed by atoms with Gasteiger partial charge in [-0.25, -0.2) is 4.39 Å². The first-order chi connectivity index (χ1) is 12.9. The number of aryl methyl sites for hydroxylation is 2. The molecule has 4 nitrogen and oxygen atoms in total. The molecule has 0 radical (unpaired) electrons. The zero-order valence-corrected chi connectivity index (χ0v) is 15.9. The van der Waals surface area contributed by atoms with Crippen molar-refractivity contribution in [1.82, 2.24) is 0 Å². The smallest absolute Gasteiger partial charge is 0.248 e. The van der Waals surface area contributed by atoms with Crippen molar-refractivity contribution >= 4 is 28.1 Å². The molecule has 0 aliphatic heterocycles. The van der Waals surface area contributed by atoms with Gasteiger partial charge in [-0.1, -0.05) is 6.07 Å². The SMILES string of the molecule is CCOc1cc2oc(C)c(C)c2cc1/C(C)=C/C(=O)Nc1cccc(F)c1. The zero-order valence-electron chi connectivity index (χ0n) is 15.9. The first-order valence-corrected chi connectivity index (χ1v) is 8.80. The van der Waals surface area contributed by atoms with Crippen molar-refractivity contribution in [1.29, 1.82) is 0 Å². The summed E-state index contributed by atoms with van der Waals surface area (Å²) in [7, 11) is 0. The Morgan fingerprint density at radius 2 is 2.04 bits per heavy atom. The predicted octanol–water partition coefficient (Wildman–Crippen LogP) is 5.63. The molecule has 0 aliphatic rings. The van der Waals surface area contributed by atoms with Gasteiger partial charge < -0.3 is 14.5 Å². The number of ether oxygens (including phenoxy) is 1. The maximum atomic E-state index is 13.3. The number of hydrogen-bond acceptors (Lipinski definition) is 3. The first-order valence-electron chi connectivity index (χ1n) is 8.80. The Morgan fingerprint density at radius 3 is 2.74 bits per heavy atom. The molecule has 5 heteroatoms. The second kappa shape index (κ2) is 7.66. The number of furan rings is 1. The molecular weight excluding hydrogens is 345 g/mol. The molecule has 0 unspecified atom stereocenters. The quantitative estimate of drug-likeness (QED) is 0.595. The molecule has 1 amide bonds. The van der Waals surface area contributed by atoms with E-state index in [-0.39, 0.29) is 5.91 Å². The molecule has 1 heterocycles. The number of carbonyl (C=O) groups is 1. The van der Waals surface area contributed by atoms with Crippen LogP contribution >= 0.6 is 0 Å². The largest absolute Gasteiger partial charge is 0.493 e. The predicted molar refractivity (Wildman–Crippen MR) is 106 cm³/mol. The van der Waals surface area contributed by atoms with E-state index in [4.69, 9.17) is 9.15 Å². The van der Waals surface area contributed by atoms with Crippen LogP contribution in [0.4, 0.5) is 10.1 Å². The number of hydrogen-bond donors (Lipinski definition) is 1. The van der Waals surface area contributed by atoms with Gasteiger partial charge in [0.15, 0.2) is 0 Å². The second-order valence-corrected chi connectivity index (χ2v) is 6.39. The summed E-state index contributed by atoms with van der Waals surface area (Å²) in [6.07, 6.45) is 1.48. The van der Waals surface area contributed by atoms with E-state index in [2.05, 4.69) is 5.32 Å². The number of anilines is 1. The van der Waals surface area contributed by atoms with Gasteiger partial charge in [0.2, 0.25) is 5.91 Å². The highest BCUT2D eigenvalue weighted by atomic mass is 19.1. The van der Waals surface area contributed by atoms with Crippen LogP contribution in [0, 0.1) is 19.7 Å². The monoisotopic (exact) mass is 367 g/mol. The van der Waals surface area contributed by atoms with Crippen molar-refractivity contribution in [3.8, 4) is 5.75 Å². The maximum absolute atomic E-state index is 13.3. The first kappa shape index (κ1) is 18.7. The van der Waals surface area contributed by atoms with Gasteiger partial charge >= 0.3 is 0 Å². The summed E-state index contributed by atoms with van der Waals surface area (Å²) in [5.74, 6) is 0.783. The fraction of sp³-hybridized carbons (Fsp3) is 0.227. The highest BCUT2D eigenvalue weighted by Crippen LogP contribution is 2.35. The molecule has 0 saturated carbocycles. The molecule has 0 saturated heterocycles. The molecule has 3 aromatic rings. The average molecular weight is 367 g/mol. The van der Waals surface area contributed by atoms with Crippen molar-refractivity contribution in [3.05, 3.63) is 65.2 Å². The number of halogens is 1. The number of allylic oxidation sites excluding steroid dienone is 1. The van der Waals surface area contributed by atoms with E-state index in [1.807, 2.05) is 39.8 Å². The van der Waals surface area contributed by atoms with Gasteiger partial charge in [0.25, 0.3) is 0 Å². The van der Waals surface area contributed by atoms with Gasteiger partial charge in [-0.2, -0.15) is 0 Å². The molecule has 1 aromatic heterocycles. The molecule has 0 spiro atoms. The second-order valence-electron chi connectivity index (χ2n) is 6.39. The van der Waals surface area contributed by atoms with Crippen LogP contribution in [0.15, 0.2) is 46.9 Å². The Labute approximate surface area is 157 Å². The minimum Gasteiger partial charge on any atom is -0.493 e. The molecular formula is C22H22FNO3. The Morgan fingerprint density at radius 1 is 1.26 bits per heavy atom. The van der Waals surface area contributed by atoms with Crippen LogP contribution in [0.3, 0.4) is 0 Å². The normalized spacial score (nSPS) is 11.7. The highest BCUT2D eigenvalue weighted by Gasteiger charge is 2.14. The van der Waals surface area contributed by atoms with Crippen molar-refractivity contribution in [3.63, 3.8) is 0 Å². The fourth-order valence-corrected chi connectivity index (χ4v) is 2.97. The lowest BCUT2D eigenvalue weighted by molar-refractivity contribution is -0.111. The van der Waals surface area contributed by atoms with Crippen molar-refractivity contribution in [2.24, 2.45) is 0 Å². The lowest BCUT2D eigenvalue weighted by atomic mass is 10.0. The molecule has 1 N–H and O–H groups in total. The van der Waals surface area contributed by atoms with Crippen molar-refractivity contribution < 1.29 is 18.3 Å². The van der Waals surface area contributed by atoms with E-state index >= 15 is 0 Å². The summed E-state index contributed by atoms with van der Waals surface area (Å²) < 4.78 is 24.8. The van der Waals surface area contributed by atoms with Crippen LogP contribution in [0.1, 0.15) is 30.7 Å². The number of rotatable bonds is 5. The van der Waals surface area contributed by atoms with Gasteiger partial charge in [0, 0.05) is 28.8 Å². The molecule has 0 aliphatic carbocycles. The molecule has 0 atom stereocenters. The van der Waals surface area contributed by atoms with E-state index in [1.165, 1.54) is 18.2 Å². The molecule has 0 fully saturated rings. The van der Waals surface area contributed by atoms with Gasteiger partial charge in [0.1, 0.15) is 22.9 Å². The highest BCUT2D eigenvalue weighted by molar-refractivity contribution is 6.04. The van der Waals surface area contributed by atoms with E-state index in [1.54, 1.807) is 12.1 Å². The topological polar surface area (TPSA) is 51.5 Å². The van der Waals surface area contributed by atoms with Crippen molar-refractivity contribution in [2.75, 3.05) is 11.9 Å². The Balaban J connectivity index is 1.96. The Bertz CT molecular complexity index is 1030. The minimum atomic E-state index is -0.400. The van der Waals surface area contributed by atoms with E-state index < -0.39 is 5.82 Å². The third-order valence-electron chi connectivity index (χ3n) is 4.44. The van der Waals surface area contributed by atoms with Crippen LogP contribution in [0.5, 0.6) is 5.75 Å². The molecule has 140 valence electrons. The van der Waals surface area contributed by atoms with Crippen molar-refractivity contribution in [2.45, 2.75) is 27.7 Å².